The summed E-state index contributed by atoms with van der Waals surface area (Å²) in [5.74, 6) is 0. The van der Waals surface area contributed by atoms with Crippen molar-refractivity contribution in [2.45, 2.75) is 0 Å². The highest BCUT2D eigenvalue weighted by molar-refractivity contribution is 5.32. The van der Waals surface area contributed by atoms with Crippen LogP contribution in [0.2, 0.25) is 1.41 Å². The Hall–Kier alpha value is -1.24. The topological polar surface area (TPSA) is 70.3 Å². The minimum absolute atomic E-state index is 0.205. The maximum absolute atomic E-state index is 8.99. The summed E-state index contributed by atoms with van der Waals surface area (Å²) in [5, 5.41) is 2.18. The first-order valence-electron chi connectivity index (χ1n) is 2.33. The van der Waals surface area contributed by atoms with Crippen LogP contribution in [0.1, 0.15) is 1.37 Å². The lowest BCUT2D eigenvalue weighted by atomic mass is 11.4. The first kappa shape index (κ1) is 3.93. The molecule has 7 heavy (non-hydrogen) atoms. The van der Waals surface area contributed by atoms with Crippen molar-refractivity contribution in [3.63, 3.8) is 0 Å². The highest BCUT2D eigenvalue weighted by atomic mass is 16.1. The van der Waals surface area contributed by atoms with Gasteiger partial charge in [0.25, 0.3) is 0 Å². The van der Waals surface area contributed by atoms with Gasteiger partial charge in [-0.3, -0.25) is 0 Å². The predicted octanol–water partition coefficient (Wildman–Crippen LogP) is -0.147. The highest BCUT2D eigenvalue weighted by Gasteiger charge is 1.29. The summed E-state index contributed by atoms with van der Waals surface area (Å²) in [4.78, 5) is 20.5. The number of carbonyl (C=O) groups excluding carboxylic acids is 2. The van der Waals surface area contributed by atoms with Gasteiger partial charge < -0.3 is 0 Å². The van der Waals surface area contributed by atoms with Crippen LogP contribution in [0.5, 0.6) is 0 Å². The van der Waals surface area contributed by atoms with Gasteiger partial charge >= 0.3 is 0 Å². The van der Waals surface area contributed by atoms with E-state index in [-0.39, 0.29) is 7.02 Å². The Morgan fingerprint density at radius 1 is 2.00 bits per heavy atom. The number of nitrogens with zero attached hydrogens (tertiary/aromatic N) is 1. The molecule has 0 aromatic heterocycles. The van der Waals surface area contributed by atoms with E-state index in [1.807, 2.05) is 0 Å². The number of nitrogens with one attached hydrogen (secondary N) is 1. The fourth-order valence-electron chi connectivity index (χ4n) is 0. The Kier molecular flexibility index (Phi) is 12.2. The molecule has 38 valence electrons. The van der Waals surface area contributed by atoms with Gasteiger partial charge in [-0.25, -0.2) is 20.0 Å². The van der Waals surface area contributed by atoms with Crippen molar-refractivity contribution in [1.29, 1.82) is 5.40 Å². The summed E-state index contributed by atoms with van der Waals surface area (Å²) in [6.07, 6.45) is 2.18. The first-order valence-corrected chi connectivity index (χ1v) is 1.17. The molecule has 0 heterocycles. The molecule has 0 aliphatic carbocycles. The molecule has 0 atom stereocenters. The van der Waals surface area contributed by atoms with Crippen molar-refractivity contribution in [1.82, 2.24) is 0 Å². The molecule has 0 aromatic carbocycles. The molecular weight excluding hydrogens is 96.0 g/mol. The van der Waals surface area contributed by atoms with E-state index in [1.54, 1.807) is 0 Å². The number of hydrogen-bond acceptors (Lipinski definition) is 4. The molecule has 4 nitrogen and oxygen atoms in total. The van der Waals surface area contributed by atoms with E-state index in [4.69, 9.17) is 12.4 Å². The first-order chi connectivity index (χ1) is 4.33. The molecule has 0 unspecified atom stereocenters. The highest BCUT2D eigenvalue weighted by Crippen LogP contribution is 1.28. The molecule has 0 aromatic rings. The van der Waals surface area contributed by atoms with E-state index in [1.165, 1.54) is 6.08 Å². The summed E-state index contributed by atoms with van der Waals surface area (Å²) in [7, 11) is -0.205. The summed E-state index contributed by atoms with van der Waals surface area (Å²) in [6, 6.07) is 0. The van der Waals surface area contributed by atoms with Crippen LogP contribution in [-0.4, -0.2) is 19.2 Å². The molecule has 0 spiro atoms. The normalized spacial score (nSPS) is 6.86. The van der Waals surface area contributed by atoms with Crippen LogP contribution in [0, 0.1) is 5.40 Å². The van der Waals surface area contributed by atoms with Crippen molar-refractivity contribution in [3.8, 4) is 0 Å². The third-order valence-corrected chi connectivity index (χ3v) is 0.0645. The second-order valence-electron chi connectivity index (χ2n) is 0.341. The Bertz CT molecular complexity index is 137. The third-order valence-electron chi connectivity index (χ3n) is 0.0645. The second kappa shape index (κ2) is 21.7. The Balaban J connectivity index is 0. The summed E-state index contributed by atoms with van der Waals surface area (Å²) in [5.41, 5.74) is 0. The third kappa shape index (κ3) is 630. The van der Waals surface area contributed by atoms with Crippen LogP contribution in [0.25, 0.3) is 0 Å². The van der Waals surface area contributed by atoms with E-state index >= 15 is 0 Å². The lowest BCUT2D eigenvalue weighted by Crippen LogP contribution is -1.38. The van der Waals surface area contributed by atoms with Gasteiger partial charge in [-0.2, -0.15) is 0 Å². The standard InChI is InChI=1S/C2H3NO.CHNO/c1-3-2-4;2-1-3/h1H3;2H/i1D;/hD. The van der Waals surface area contributed by atoms with Crippen LogP contribution in [0.15, 0.2) is 4.99 Å². The quantitative estimate of drug-likeness (QED) is 0.341. The summed E-state index contributed by atoms with van der Waals surface area (Å²) < 4.78 is 11.8. The van der Waals surface area contributed by atoms with Gasteiger partial charge in [-0.15, -0.1) is 0 Å². The molecule has 0 fully saturated rings. The SMILES string of the molecule is [2H]CN=C=O.[2H]N=C=O. The Morgan fingerprint density at radius 3 is 2.57 bits per heavy atom. The van der Waals surface area contributed by atoms with Crippen molar-refractivity contribution >= 4 is 12.2 Å². The second-order valence-corrected chi connectivity index (χ2v) is 0.341. The predicted molar refractivity (Wildman–Crippen MR) is 22.5 cm³/mol. The van der Waals surface area contributed by atoms with Crippen LogP contribution >= 0.6 is 0 Å². The van der Waals surface area contributed by atoms with E-state index < -0.39 is 0 Å². The average Bonchev–Trinajstić information content (AvgIpc) is 1.91. The van der Waals surface area contributed by atoms with Gasteiger partial charge in [0.2, 0.25) is 13.6 Å². The van der Waals surface area contributed by atoms with Gasteiger partial charge in [-0.05, 0) is 0 Å². The van der Waals surface area contributed by atoms with E-state index in [0.717, 1.165) is 6.08 Å². The van der Waals surface area contributed by atoms with Gasteiger partial charge in [0.05, 0.1) is 0 Å². The zero-order chi connectivity index (χ0) is 7.54. The number of aliphatic imine (C=N–C) groups is 1. The molecule has 1 N–H and O–H groups in total. The number of isocyanates is 2. The molecule has 0 rings (SSSR count). The summed E-state index contributed by atoms with van der Waals surface area (Å²) >= 11 is 0. The molecule has 0 radical (unpaired) electrons. The van der Waals surface area contributed by atoms with Crippen LogP contribution < -0.4 is 0 Å². The summed E-state index contributed by atoms with van der Waals surface area (Å²) in [6.45, 7) is 0. The van der Waals surface area contributed by atoms with Crippen molar-refractivity contribution in [3.05, 3.63) is 0 Å². The van der Waals surface area contributed by atoms with Crippen molar-refractivity contribution in [2.24, 2.45) is 4.99 Å². The molecular formula is C3H4N2O2. The van der Waals surface area contributed by atoms with E-state index in [9.17, 15) is 0 Å². The molecule has 0 bridgehead atoms. The van der Waals surface area contributed by atoms with E-state index in [2.05, 4.69) is 10.4 Å². The van der Waals surface area contributed by atoms with E-state index in [0.29, 0.717) is 0 Å². The Labute approximate surface area is 43.2 Å². The molecule has 0 saturated heterocycles. The van der Waals surface area contributed by atoms with Crippen molar-refractivity contribution < 1.29 is 12.4 Å². The van der Waals surface area contributed by atoms with Gasteiger partial charge in [-0.1, -0.05) is 0 Å². The molecule has 0 aliphatic rings. The average molecular weight is 102 g/mol. The van der Waals surface area contributed by atoms with Crippen LogP contribution in [-0.2, 0) is 9.59 Å². The zero-order valence-electron chi connectivity index (χ0n) is 5.42. The van der Waals surface area contributed by atoms with Gasteiger partial charge in [0.15, 0.2) is 0 Å². The van der Waals surface area contributed by atoms with Crippen LogP contribution in [0.3, 0.4) is 0 Å². The number of rotatable bonds is 0. The zero-order valence-corrected chi connectivity index (χ0v) is 3.42. The molecule has 0 aliphatic heterocycles. The van der Waals surface area contributed by atoms with Gasteiger partial charge in [0.1, 0.15) is 0 Å². The lowest BCUT2D eigenvalue weighted by Gasteiger charge is -1.36. The molecule has 4 heteroatoms. The number of hydrogen-bond donors (Lipinski definition) is 1. The maximum Gasteiger partial charge on any atom is 0.234 e. The fourth-order valence-corrected chi connectivity index (χ4v) is 0. The van der Waals surface area contributed by atoms with Crippen LogP contribution in [0.4, 0.5) is 0 Å². The minimum atomic E-state index is -0.205. The van der Waals surface area contributed by atoms with Crippen molar-refractivity contribution in [2.75, 3.05) is 7.02 Å². The monoisotopic (exact) mass is 102 g/mol. The maximum atomic E-state index is 8.99. The Morgan fingerprint density at radius 2 is 2.57 bits per heavy atom. The minimum Gasteiger partial charge on any atom is -0.222 e. The molecule has 0 saturated carbocycles. The molecule has 0 amide bonds. The smallest absolute Gasteiger partial charge is 0.222 e. The largest absolute Gasteiger partial charge is 0.234 e. The fraction of sp³-hybridized carbons (Fsp3) is 0.333. The lowest BCUT2D eigenvalue weighted by molar-refractivity contribution is 0.562. The van der Waals surface area contributed by atoms with Gasteiger partial charge in [0, 0.05) is 8.39 Å².